The Balaban J connectivity index is 0.00000281. The highest BCUT2D eigenvalue weighted by Gasteiger charge is 2.57. The predicted octanol–water partition coefficient (Wildman–Crippen LogP) is 6.47. The van der Waals surface area contributed by atoms with Crippen molar-refractivity contribution in [2.45, 2.75) is 55.4 Å². The van der Waals surface area contributed by atoms with E-state index in [1.54, 1.807) is 31.3 Å². The maximum Gasteiger partial charge on any atom is 0.416 e. The smallest absolute Gasteiger partial charge is 0.416 e. The molecule has 4 fully saturated rings. The molecule has 0 aliphatic carbocycles. The minimum Gasteiger partial charge on any atom is -0.497 e. The summed E-state index contributed by atoms with van der Waals surface area (Å²) in [5, 5.41) is 9.40. The lowest BCUT2D eigenvalue weighted by Gasteiger charge is -2.35. The molecule has 0 aromatic heterocycles. The summed E-state index contributed by atoms with van der Waals surface area (Å²) in [6.45, 7) is 3.11. The Morgan fingerprint density at radius 2 is 1.68 bits per heavy atom. The highest BCUT2D eigenvalue weighted by Crippen LogP contribution is 2.46. The van der Waals surface area contributed by atoms with Crippen molar-refractivity contribution in [1.82, 2.24) is 9.80 Å². The summed E-state index contributed by atoms with van der Waals surface area (Å²) in [6, 6.07) is 13.4. The second-order valence-corrected chi connectivity index (χ2v) is 13.7. The molecule has 8 nitrogen and oxygen atoms in total. The Bertz CT molecular complexity index is 1480. The standard InChI is InChI=1S/C36H44F4N4O4.2ClH/c1-46-22-26-19-43(20-31(26)30-8-5-27(36(38,39)40)17-33(30)42-13-9-24(18-41)10-14-42)34(45)35(37)23-44(28-11-15-48-16-12-28)21-32(35)25-3-6-29(47-2)7-4-25;;/h3-8,17,24,26,28,31-32H,9-16,19-23H2,1-2H3;2*1H/t26-,31+,32+,35+;;/m1../s1. The zero-order valence-electron chi connectivity index (χ0n) is 28.4. The van der Waals surface area contributed by atoms with Gasteiger partial charge in [-0.05, 0) is 61.1 Å². The van der Waals surface area contributed by atoms with Crippen LogP contribution in [0.2, 0.25) is 0 Å². The number of carbonyl (C=O) groups is 1. The van der Waals surface area contributed by atoms with E-state index in [1.807, 2.05) is 17.0 Å². The quantitative estimate of drug-likeness (QED) is 0.287. The molecule has 4 aliphatic rings. The average Bonchev–Trinajstić information content (AvgIpc) is 3.69. The van der Waals surface area contributed by atoms with Crippen LogP contribution in [-0.4, -0.2) is 101 Å². The third-order valence-electron chi connectivity index (χ3n) is 10.9. The minimum atomic E-state index is -4.53. The summed E-state index contributed by atoms with van der Waals surface area (Å²) >= 11 is 0. The average molecular weight is 746 g/mol. The largest absolute Gasteiger partial charge is 0.497 e. The topological polar surface area (TPSA) is 78.3 Å². The molecule has 0 bridgehead atoms. The van der Waals surface area contributed by atoms with Crippen molar-refractivity contribution >= 4 is 36.4 Å². The fourth-order valence-electron chi connectivity index (χ4n) is 8.19. The number of amides is 1. The summed E-state index contributed by atoms with van der Waals surface area (Å²) in [5.41, 5.74) is -1.09. The number of benzene rings is 2. The van der Waals surface area contributed by atoms with Crippen LogP contribution < -0.4 is 9.64 Å². The molecule has 6 rings (SSSR count). The van der Waals surface area contributed by atoms with E-state index in [4.69, 9.17) is 14.2 Å². The molecule has 1 amide bonds. The normalized spacial score (nSPS) is 26.6. The molecule has 0 unspecified atom stereocenters. The lowest BCUT2D eigenvalue weighted by Crippen LogP contribution is -2.50. The molecule has 276 valence electrons. The maximum atomic E-state index is 17.7. The Morgan fingerprint density at radius 3 is 2.28 bits per heavy atom. The van der Waals surface area contributed by atoms with Gasteiger partial charge in [-0.25, -0.2) is 4.39 Å². The van der Waals surface area contributed by atoms with Crippen LogP contribution in [0.15, 0.2) is 42.5 Å². The third-order valence-corrected chi connectivity index (χ3v) is 10.9. The lowest BCUT2D eigenvalue weighted by molar-refractivity contribution is -0.143. The number of rotatable bonds is 8. The number of alkyl halides is 4. The molecule has 50 heavy (non-hydrogen) atoms. The molecule has 4 saturated heterocycles. The molecule has 0 spiro atoms. The van der Waals surface area contributed by atoms with Gasteiger partial charge >= 0.3 is 6.18 Å². The monoisotopic (exact) mass is 744 g/mol. The van der Waals surface area contributed by atoms with E-state index in [9.17, 15) is 23.2 Å². The van der Waals surface area contributed by atoms with Crippen molar-refractivity contribution in [1.29, 1.82) is 5.26 Å². The van der Waals surface area contributed by atoms with E-state index in [0.29, 0.717) is 62.7 Å². The van der Waals surface area contributed by atoms with Gasteiger partial charge in [0.2, 0.25) is 5.67 Å². The zero-order valence-corrected chi connectivity index (χ0v) is 30.0. The molecule has 2 aromatic carbocycles. The molecule has 4 aliphatic heterocycles. The molecule has 0 N–H and O–H groups in total. The summed E-state index contributed by atoms with van der Waals surface area (Å²) in [7, 11) is 3.12. The highest BCUT2D eigenvalue weighted by atomic mass is 35.5. The number of halogens is 6. The van der Waals surface area contributed by atoms with Crippen LogP contribution in [0.3, 0.4) is 0 Å². The number of ether oxygens (including phenoxy) is 3. The third kappa shape index (κ3) is 8.13. The van der Waals surface area contributed by atoms with Gasteiger partial charge in [0.25, 0.3) is 5.91 Å². The summed E-state index contributed by atoms with van der Waals surface area (Å²) in [6.07, 6.45) is -1.88. The van der Waals surface area contributed by atoms with Gasteiger partial charge < -0.3 is 24.0 Å². The number of anilines is 1. The highest BCUT2D eigenvalue weighted by molar-refractivity contribution is 5.88. The molecule has 4 heterocycles. The first-order valence-corrected chi connectivity index (χ1v) is 16.8. The van der Waals surface area contributed by atoms with Gasteiger partial charge in [-0.3, -0.25) is 9.69 Å². The first-order valence-electron chi connectivity index (χ1n) is 16.8. The predicted molar refractivity (Wildman–Crippen MR) is 186 cm³/mol. The number of likely N-dealkylation sites (tertiary alicyclic amines) is 2. The summed E-state index contributed by atoms with van der Waals surface area (Å²) < 4.78 is 75.9. The Hall–Kier alpha value is -2.82. The van der Waals surface area contributed by atoms with Crippen molar-refractivity contribution in [3.8, 4) is 11.8 Å². The van der Waals surface area contributed by atoms with Crippen LogP contribution >= 0.6 is 24.8 Å². The number of carbonyl (C=O) groups excluding carboxylic acids is 1. The second kappa shape index (κ2) is 16.7. The van der Waals surface area contributed by atoms with E-state index in [1.165, 1.54) is 12.1 Å². The van der Waals surface area contributed by atoms with Gasteiger partial charge in [-0.1, -0.05) is 18.2 Å². The van der Waals surface area contributed by atoms with Crippen molar-refractivity contribution < 1.29 is 36.6 Å². The SMILES string of the molecule is COC[C@H]1CN(C(=O)[C@]2(F)CN(C3CCOCC3)C[C@H]2c2ccc(OC)cc2)C[C@@H]1c1ccc(C(F)(F)F)cc1N1CCC(C#N)CC1.Cl.Cl. The van der Waals surface area contributed by atoms with Crippen molar-refractivity contribution in [2.24, 2.45) is 11.8 Å². The van der Waals surface area contributed by atoms with Gasteiger partial charge in [0, 0.05) is 95.0 Å². The summed E-state index contributed by atoms with van der Waals surface area (Å²) in [5.74, 6) is -1.41. The van der Waals surface area contributed by atoms with Gasteiger partial charge in [-0.2, -0.15) is 18.4 Å². The molecule has 0 radical (unpaired) electrons. The first kappa shape index (κ1) is 40.0. The Labute approximate surface area is 303 Å². The van der Waals surface area contributed by atoms with Crippen molar-refractivity contribution in [2.75, 3.05) is 78.2 Å². The fourth-order valence-corrected chi connectivity index (χ4v) is 8.19. The van der Waals surface area contributed by atoms with Gasteiger partial charge in [0.15, 0.2) is 0 Å². The zero-order chi connectivity index (χ0) is 34.1. The number of hydrogen-bond donors (Lipinski definition) is 0. The second-order valence-electron chi connectivity index (χ2n) is 13.7. The van der Waals surface area contributed by atoms with Crippen LogP contribution in [0.5, 0.6) is 5.75 Å². The molecule has 0 saturated carbocycles. The van der Waals surface area contributed by atoms with Crippen LogP contribution in [0.25, 0.3) is 0 Å². The van der Waals surface area contributed by atoms with Gasteiger partial charge in [0.1, 0.15) is 5.75 Å². The van der Waals surface area contributed by atoms with Gasteiger partial charge in [0.05, 0.1) is 25.3 Å². The van der Waals surface area contributed by atoms with Crippen molar-refractivity contribution in [3.05, 3.63) is 59.2 Å². The van der Waals surface area contributed by atoms with Crippen LogP contribution in [0.1, 0.15) is 54.2 Å². The van der Waals surface area contributed by atoms with E-state index in [-0.39, 0.29) is 74.9 Å². The number of nitrogens with zero attached hydrogens (tertiary/aromatic N) is 4. The molecular weight excluding hydrogens is 699 g/mol. The Morgan fingerprint density at radius 1 is 1.00 bits per heavy atom. The van der Waals surface area contributed by atoms with E-state index in [0.717, 1.165) is 24.5 Å². The van der Waals surface area contributed by atoms with E-state index < -0.39 is 29.2 Å². The van der Waals surface area contributed by atoms with Crippen molar-refractivity contribution in [3.63, 3.8) is 0 Å². The number of piperidine rings is 1. The Kier molecular flexibility index (Phi) is 13.3. The lowest BCUT2D eigenvalue weighted by atomic mass is 9.85. The number of nitriles is 1. The summed E-state index contributed by atoms with van der Waals surface area (Å²) in [4.78, 5) is 20.1. The molecular formula is C36H46Cl2F4N4O4. The minimum absolute atomic E-state index is 0. The van der Waals surface area contributed by atoms with Crippen LogP contribution in [0.4, 0.5) is 23.2 Å². The molecule has 14 heteroatoms. The number of hydrogen-bond acceptors (Lipinski definition) is 7. The first-order chi connectivity index (χ1) is 23.0. The van der Waals surface area contributed by atoms with Crippen LogP contribution in [0, 0.1) is 23.2 Å². The number of methoxy groups -OCH3 is 2. The fraction of sp³-hybridized carbons (Fsp3) is 0.611. The van der Waals surface area contributed by atoms with Crippen LogP contribution in [-0.2, 0) is 20.4 Å². The molecule has 4 atom stereocenters. The molecule has 2 aromatic rings. The van der Waals surface area contributed by atoms with E-state index >= 15 is 4.39 Å². The maximum absolute atomic E-state index is 17.7. The van der Waals surface area contributed by atoms with Gasteiger partial charge in [-0.15, -0.1) is 24.8 Å². The van der Waals surface area contributed by atoms with E-state index in [2.05, 4.69) is 11.0 Å².